The summed E-state index contributed by atoms with van der Waals surface area (Å²) in [5.41, 5.74) is 6.46. The van der Waals surface area contributed by atoms with Gasteiger partial charge in [0.05, 0.1) is 12.1 Å². The molecule has 0 spiro atoms. The van der Waals surface area contributed by atoms with Gasteiger partial charge in [0.1, 0.15) is 11.3 Å². The highest BCUT2D eigenvalue weighted by molar-refractivity contribution is 6.74. The van der Waals surface area contributed by atoms with Crippen LogP contribution in [0.5, 0.6) is 5.75 Å². The molecule has 0 aliphatic carbocycles. The van der Waals surface area contributed by atoms with Gasteiger partial charge in [0.2, 0.25) is 5.91 Å². The van der Waals surface area contributed by atoms with Crippen LogP contribution in [0.25, 0.3) is 10.9 Å². The minimum atomic E-state index is -2.04. The van der Waals surface area contributed by atoms with Crippen LogP contribution in [0.2, 0.25) is 18.1 Å². The van der Waals surface area contributed by atoms with E-state index in [2.05, 4.69) is 33.9 Å². The van der Waals surface area contributed by atoms with E-state index in [-0.39, 0.29) is 17.4 Å². The molecular weight excluding hydrogens is 332 g/mol. The topological polar surface area (TPSA) is 77.5 Å². The average Bonchev–Trinajstić information content (AvgIpc) is 2.79. The Morgan fingerprint density at radius 1 is 1.24 bits per heavy atom. The SMILES string of the molecule is Cc1cc2ccc(O)cc2n1C(C)(CO[Si](C)(C)C(C)(C)C)C(N)=O. The molecule has 1 heterocycles. The van der Waals surface area contributed by atoms with Crippen LogP contribution in [0.15, 0.2) is 24.3 Å². The molecule has 1 amide bonds. The summed E-state index contributed by atoms with van der Waals surface area (Å²) in [4.78, 5) is 12.4. The summed E-state index contributed by atoms with van der Waals surface area (Å²) in [7, 11) is -2.04. The van der Waals surface area contributed by atoms with Crippen LogP contribution in [0.4, 0.5) is 0 Å². The molecule has 3 N–H and O–H groups in total. The highest BCUT2D eigenvalue weighted by Crippen LogP contribution is 2.38. The molecule has 25 heavy (non-hydrogen) atoms. The van der Waals surface area contributed by atoms with Crippen molar-refractivity contribution in [1.29, 1.82) is 0 Å². The van der Waals surface area contributed by atoms with Crippen molar-refractivity contribution >= 4 is 25.1 Å². The molecule has 1 aromatic heterocycles. The molecule has 0 aliphatic heterocycles. The first-order chi connectivity index (χ1) is 11.3. The normalized spacial score (nSPS) is 15.3. The molecule has 0 fully saturated rings. The van der Waals surface area contributed by atoms with Crippen LogP contribution in [0.1, 0.15) is 33.4 Å². The van der Waals surface area contributed by atoms with Gasteiger partial charge in [-0.25, -0.2) is 0 Å². The Labute approximate surface area is 150 Å². The maximum absolute atomic E-state index is 12.4. The molecule has 2 aromatic rings. The molecule has 1 aromatic carbocycles. The number of amides is 1. The molecule has 5 nitrogen and oxygen atoms in total. The lowest BCUT2D eigenvalue weighted by molar-refractivity contribution is -0.127. The lowest BCUT2D eigenvalue weighted by Crippen LogP contribution is -2.52. The van der Waals surface area contributed by atoms with Gasteiger partial charge in [0.25, 0.3) is 0 Å². The van der Waals surface area contributed by atoms with Gasteiger partial charge in [-0.15, -0.1) is 0 Å². The summed E-state index contributed by atoms with van der Waals surface area (Å²) in [5.74, 6) is -0.292. The first-order valence-electron chi connectivity index (χ1n) is 8.55. The molecule has 1 atom stereocenters. The maximum atomic E-state index is 12.4. The molecular formula is C19H30N2O3Si. The van der Waals surface area contributed by atoms with Gasteiger partial charge in [-0.3, -0.25) is 4.79 Å². The van der Waals surface area contributed by atoms with Crippen molar-refractivity contribution in [2.45, 2.75) is 58.3 Å². The number of nitrogens with two attached hydrogens (primary N) is 1. The minimum absolute atomic E-state index is 0.0393. The van der Waals surface area contributed by atoms with Gasteiger partial charge in [0, 0.05) is 17.1 Å². The molecule has 0 bridgehead atoms. The molecule has 0 aliphatic rings. The Morgan fingerprint density at radius 3 is 2.36 bits per heavy atom. The number of carbonyl (C=O) groups excluding carboxylic acids is 1. The van der Waals surface area contributed by atoms with Crippen molar-refractivity contribution in [1.82, 2.24) is 4.57 Å². The van der Waals surface area contributed by atoms with Crippen LogP contribution in [0, 0.1) is 6.92 Å². The van der Waals surface area contributed by atoms with Crippen LogP contribution in [-0.4, -0.2) is 30.5 Å². The molecule has 0 saturated heterocycles. The quantitative estimate of drug-likeness (QED) is 0.792. The van der Waals surface area contributed by atoms with Gasteiger partial charge < -0.3 is 19.8 Å². The summed E-state index contributed by atoms with van der Waals surface area (Å²) in [6.45, 7) is 14.7. The Bertz CT molecular complexity index is 805. The number of rotatable bonds is 5. The van der Waals surface area contributed by atoms with E-state index < -0.39 is 19.8 Å². The molecule has 1 unspecified atom stereocenters. The minimum Gasteiger partial charge on any atom is -0.508 e. The number of nitrogens with zero attached hydrogens (tertiary/aromatic N) is 1. The van der Waals surface area contributed by atoms with Gasteiger partial charge in [-0.2, -0.15) is 0 Å². The Balaban J connectivity index is 2.53. The Morgan fingerprint density at radius 2 is 1.84 bits per heavy atom. The zero-order valence-corrected chi connectivity index (χ0v) is 17.3. The van der Waals surface area contributed by atoms with Gasteiger partial charge in [-0.05, 0) is 50.2 Å². The van der Waals surface area contributed by atoms with Gasteiger partial charge in [-0.1, -0.05) is 20.8 Å². The number of carbonyl (C=O) groups is 1. The lowest BCUT2D eigenvalue weighted by atomic mass is 10.0. The predicted molar refractivity (Wildman–Crippen MR) is 104 cm³/mol. The summed E-state index contributed by atoms with van der Waals surface area (Å²) in [6, 6.07) is 7.13. The summed E-state index contributed by atoms with van der Waals surface area (Å²) < 4.78 is 8.22. The first kappa shape index (κ1) is 19.5. The second-order valence-corrected chi connectivity index (χ2v) is 13.4. The number of phenols is 1. The molecule has 0 saturated carbocycles. The van der Waals surface area contributed by atoms with Crippen LogP contribution in [0.3, 0.4) is 0 Å². The van der Waals surface area contributed by atoms with Crippen molar-refractivity contribution in [2.75, 3.05) is 6.61 Å². The summed E-state index contributed by atoms with van der Waals surface area (Å²) in [6.07, 6.45) is 0. The number of aromatic nitrogens is 1. The number of primary amides is 1. The second-order valence-electron chi connectivity index (χ2n) is 8.55. The first-order valence-corrected chi connectivity index (χ1v) is 11.5. The van der Waals surface area contributed by atoms with E-state index in [1.807, 2.05) is 23.6 Å². The Kier molecular flexibility index (Phi) is 4.83. The predicted octanol–water partition coefficient (Wildman–Crippen LogP) is 3.88. The third kappa shape index (κ3) is 3.46. The van der Waals surface area contributed by atoms with Crippen molar-refractivity contribution in [2.24, 2.45) is 5.73 Å². The second kappa shape index (κ2) is 6.18. The van der Waals surface area contributed by atoms with E-state index in [1.165, 1.54) is 0 Å². The highest BCUT2D eigenvalue weighted by Gasteiger charge is 2.42. The fourth-order valence-electron chi connectivity index (χ4n) is 2.77. The number of benzene rings is 1. The third-order valence-electron chi connectivity index (χ3n) is 5.52. The zero-order valence-electron chi connectivity index (χ0n) is 16.3. The number of fused-ring (bicyclic) bond motifs is 1. The third-order valence-corrected chi connectivity index (χ3v) is 10.00. The molecule has 6 heteroatoms. The summed E-state index contributed by atoms with van der Waals surface area (Å²) in [5, 5.41) is 10.9. The van der Waals surface area contributed by atoms with Gasteiger partial charge in [0.15, 0.2) is 8.32 Å². The van der Waals surface area contributed by atoms with Gasteiger partial charge >= 0.3 is 0 Å². The zero-order chi connectivity index (χ0) is 19.2. The monoisotopic (exact) mass is 362 g/mol. The highest BCUT2D eigenvalue weighted by atomic mass is 28.4. The maximum Gasteiger partial charge on any atom is 0.245 e. The molecule has 138 valence electrons. The van der Waals surface area contributed by atoms with E-state index in [0.717, 1.165) is 16.6 Å². The average molecular weight is 363 g/mol. The van der Waals surface area contributed by atoms with E-state index in [4.69, 9.17) is 10.2 Å². The van der Waals surface area contributed by atoms with E-state index in [1.54, 1.807) is 19.1 Å². The lowest BCUT2D eigenvalue weighted by Gasteiger charge is -2.40. The Hall–Kier alpha value is -1.79. The number of hydrogen-bond donors (Lipinski definition) is 2. The van der Waals surface area contributed by atoms with Crippen molar-refractivity contribution in [3.63, 3.8) is 0 Å². The smallest absolute Gasteiger partial charge is 0.245 e. The van der Waals surface area contributed by atoms with Crippen LogP contribution < -0.4 is 5.73 Å². The van der Waals surface area contributed by atoms with E-state index >= 15 is 0 Å². The largest absolute Gasteiger partial charge is 0.508 e. The standard InChI is InChI=1S/C19H30N2O3Si/c1-13-10-14-8-9-15(22)11-16(14)21(13)19(5,17(20)23)12-24-25(6,7)18(2,3)4/h8-11,22H,12H2,1-7H3,(H2,20,23). The van der Waals surface area contributed by atoms with Crippen molar-refractivity contribution < 1.29 is 14.3 Å². The number of aromatic hydroxyl groups is 1. The molecule has 0 radical (unpaired) electrons. The number of aryl methyl sites for hydroxylation is 1. The number of hydrogen-bond acceptors (Lipinski definition) is 3. The number of phenolic OH excluding ortho intramolecular Hbond substituents is 1. The fourth-order valence-corrected chi connectivity index (χ4v) is 3.84. The molecule has 2 rings (SSSR count). The van der Waals surface area contributed by atoms with E-state index in [9.17, 15) is 9.90 Å². The summed E-state index contributed by atoms with van der Waals surface area (Å²) >= 11 is 0. The fraction of sp³-hybridized carbons (Fsp3) is 0.526. The van der Waals surface area contributed by atoms with Crippen molar-refractivity contribution in [3.8, 4) is 5.75 Å². The van der Waals surface area contributed by atoms with E-state index in [0.29, 0.717) is 0 Å². The van der Waals surface area contributed by atoms with Crippen molar-refractivity contribution in [3.05, 3.63) is 30.0 Å². The van der Waals surface area contributed by atoms with Crippen LogP contribution in [-0.2, 0) is 14.8 Å². The van der Waals surface area contributed by atoms with Crippen LogP contribution >= 0.6 is 0 Å².